The zero-order valence-electron chi connectivity index (χ0n) is 10.5. The van der Waals surface area contributed by atoms with Crippen molar-refractivity contribution in [2.75, 3.05) is 26.2 Å². The zero-order chi connectivity index (χ0) is 12.4. The van der Waals surface area contributed by atoms with E-state index in [2.05, 4.69) is 40.6 Å². The minimum Gasteiger partial charge on any atom is -0.316 e. The maximum atomic E-state index is 9.07. The van der Waals surface area contributed by atoms with Crippen LogP contribution in [0.4, 0.5) is 0 Å². The molecule has 0 radical (unpaired) electrons. The fraction of sp³-hybridized carbons (Fsp3) is 0.533. The van der Waals surface area contributed by atoms with Crippen LogP contribution in [0.5, 0.6) is 0 Å². The summed E-state index contributed by atoms with van der Waals surface area (Å²) in [6.07, 6.45) is 0.594. The molecule has 3 atom stereocenters. The van der Waals surface area contributed by atoms with Gasteiger partial charge in [-0.25, -0.2) is 0 Å². The highest BCUT2D eigenvalue weighted by atomic mass is 15.2. The van der Waals surface area contributed by atoms with Crippen LogP contribution < -0.4 is 5.32 Å². The van der Waals surface area contributed by atoms with E-state index in [9.17, 15) is 0 Å². The molecule has 0 spiro atoms. The molecular weight excluding hydrogens is 222 g/mol. The van der Waals surface area contributed by atoms with Crippen LogP contribution >= 0.6 is 0 Å². The lowest BCUT2D eigenvalue weighted by atomic mass is 10.0. The van der Waals surface area contributed by atoms with E-state index in [1.54, 1.807) is 0 Å². The molecule has 0 saturated carbocycles. The number of nitrogens with zero attached hydrogens (tertiary/aromatic N) is 2. The Labute approximate surface area is 108 Å². The summed E-state index contributed by atoms with van der Waals surface area (Å²) in [5.41, 5.74) is 1.28. The lowest BCUT2D eigenvalue weighted by molar-refractivity contribution is 0.231. The van der Waals surface area contributed by atoms with Crippen molar-refractivity contribution in [3.8, 4) is 6.07 Å². The van der Waals surface area contributed by atoms with Gasteiger partial charge in [0.15, 0.2) is 0 Å². The van der Waals surface area contributed by atoms with Gasteiger partial charge in [0.2, 0.25) is 0 Å². The van der Waals surface area contributed by atoms with Gasteiger partial charge in [0.05, 0.1) is 12.5 Å². The molecule has 0 aromatic heterocycles. The molecule has 2 aliphatic rings. The summed E-state index contributed by atoms with van der Waals surface area (Å²) in [6, 6.07) is 13.1. The van der Waals surface area contributed by atoms with Crippen molar-refractivity contribution in [2.24, 2.45) is 11.8 Å². The molecule has 0 bridgehead atoms. The zero-order valence-corrected chi connectivity index (χ0v) is 10.5. The summed E-state index contributed by atoms with van der Waals surface area (Å²) in [7, 11) is 0. The van der Waals surface area contributed by atoms with E-state index in [0.29, 0.717) is 6.42 Å². The highest BCUT2D eigenvalue weighted by Crippen LogP contribution is 2.34. The second kappa shape index (κ2) is 5.09. The van der Waals surface area contributed by atoms with Gasteiger partial charge in [0.1, 0.15) is 0 Å². The van der Waals surface area contributed by atoms with Crippen molar-refractivity contribution in [2.45, 2.75) is 12.5 Å². The quantitative estimate of drug-likeness (QED) is 0.877. The molecule has 18 heavy (non-hydrogen) atoms. The third-order valence-electron chi connectivity index (χ3n) is 4.33. The normalized spacial score (nSPS) is 28.8. The van der Waals surface area contributed by atoms with Gasteiger partial charge in [-0.1, -0.05) is 30.3 Å². The standard InChI is InChI=1S/C15H19N3/c16-7-6-15(12-4-2-1-3-5-12)18-10-13-8-17-9-14(13)11-18/h1-5,13-15,17H,6,8-11H2/t13-,14+,15?. The third-order valence-corrected chi connectivity index (χ3v) is 4.33. The molecule has 0 amide bonds. The average molecular weight is 241 g/mol. The molecule has 3 nitrogen and oxygen atoms in total. The molecule has 1 aromatic rings. The topological polar surface area (TPSA) is 39.1 Å². The van der Waals surface area contributed by atoms with Crippen LogP contribution in [-0.2, 0) is 0 Å². The molecule has 2 heterocycles. The smallest absolute Gasteiger partial charge is 0.0641 e. The number of fused-ring (bicyclic) bond motifs is 1. The van der Waals surface area contributed by atoms with Gasteiger partial charge in [-0.15, -0.1) is 0 Å². The largest absolute Gasteiger partial charge is 0.316 e. The summed E-state index contributed by atoms with van der Waals surface area (Å²) < 4.78 is 0. The fourth-order valence-corrected chi connectivity index (χ4v) is 3.37. The molecule has 2 fully saturated rings. The van der Waals surface area contributed by atoms with E-state index in [1.807, 2.05) is 6.07 Å². The molecule has 1 unspecified atom stereocenters. The van der Waals surface area contributed by atoms with Gasteiger partial charge in [0.25, 0.3) is 0 Å². The van der Waals surface area contributed by atoms with E-state index in [4.69, 9.17) is 5.26 Å². The monoisotopic (exact) mass is 241 g/mol. The molecule has 2 saturated heterocycles. The Morgan fingerprint density at radius 3 is 2.50 bits per heavy atom. The van der Waals surface area contributed by atoms with Crippen molar-refractivity contribution in [1.29, 1.82) is 5.26 Å². The second-order valence-electron chi connectivity index (χ2n) is 5.42. The fourth-order valence-electron chi connectivity index (χ4n) is 3.37. The Morgan fingerprint density at radius 1 is 1.22 bits per heavy atom. The van der Waals surface area contributed by atoms with E-state index >= 15 is 0 Å². The predicted octanol–water partition coefficient (Wildman–Crippen LogP) is 1.79. The van der Waals surface area contributed by atoms with E-state index in [0.717, 1.165) is 38.0 Å². The first-order chi connectivity index (χ1) is 8.88. The van der Waals surface area contributed by atoms with Crippen LogP contribution in [0.2, 0.25) is 0 Å². The number of benzene rings is 1. The summed E-state index contributed by atoms with van der Waals surface area (Å²) in [4.78, 5) is 2.51. The molecule has 3 heteroatoms. The van der Waals surface area contributed by atoms with Gasteiger partial charge < -0.3 is 5.32 Å². The maximum absolute atomic E-state index is 9.07. The van der Waals surface area contributed by atoms with Gasteiger partial charge in [-0.3, -0.25) is 4.90 Å². The van der Waals surface area contributed by atoms with Crippen LogP contribution in [0.3, 0.4) is 0 Å². The van der Waals surface area contributed by atoms with Crippen molar-refractivity contribution in [3.63, 3.8) is 0 Å². The highest BCUT2D eigenvalue weighted by Gasteiger charge is 2.38. The lowest BCUT2D eigenvalue weighted by Gasteiger charge is -2.27. The Kier molecular flexibility index (Phi) is 3.31. The van der Waals surface area contributed by atoms with Crippen LogP contribution in [0.25, 0.3) is 0 Å². The summed E-state index contributed by atoms with van der Waals surface area (Å²) in [5.74, 6) is 1.57. The van der Waals surface area contributed by atoms with E-state index in [1.165, 1.54) is 5.56 Å². The Bertz CT molecular complexity index is 425. The molecule has 1 aromatic carbocycles. The minimum absolute atomic E-state index is 0.279. The van der Waals surface area contributed by atoms with Crippen LogP contribution in [0.1, 0.15) is 18.0 Å². The average Bonchev–Trinajstić information content (AvgIpc) is 2.97. The van der Waals surface area contributed by atoms with Crippen LogP contribution in [-0.4, -0.2) is 31.1 Å². The minimum atomic E-state index is 0.279. The first-order valence-corrected chi connectivity index (χ1v) is 6.75. The van der Waals surface area contributed by atoms with E-state index in [-0.39, 0.29) is 6.04 Å². The van der Waals surface area contributed by atoms with Gasteiger partial charge in [-0.2, -0.15) is 5.26 Å². The molecule has 0 aliphatic carbocycles. The Morgan fingerprint density at radius 2 is 1.89 bits per heavy atom. The number of rotatable bonds is 3. The van der Waals surface area contributed by atoms with Crippen molar-refractivity contribution in [3.05, 3.63) is 35.9 Å². The summed E-state index contributed by atoms with van der Waals surface area (Å²) in [6.45, 7) is 4.57. The van der Waals surface area contributed by atoms with Gasteiger partial charge >= 0.3 is 0 Å². The number of hydrogen-bond donors (Lipinski definition) is 1. The summed E-state index contributed by atoms with van der Waals surface area (Å²) >= 11 is 0. The predicted molar refractivity (Wildman–Crippen MR) is 70.8 cm³/mol. The molecule has 2 aliphatic heterocycles. The maximum Gasteiger partial charge on any atom is 0.0641 e. The van der Waals surface area contributed by atoms with Gasteiger partial charge in [0, 0.05) is 19.1 Å². The SMILES string of the molecule is N#CCC(c1ccccc1)N1C[C@H]2CNC[C@H]2C1. The number of likely N-dealkylation sites (tertiary alicyclic amines) is 1. The van der Waals surface area contributed by atoms with Crippen LogP contribution in [0.15, 0.2) is 30.3 Å². The summed E-state index contributed by atoms with van der Waals surface area (Å²) in [5, 5.41) is 12.5. The Hall–Kier alpha value is -1.37. The first kappa shape index (κ1) is 11.7. The highest BCUT2D eigenvalue weighted by molar-refractivity contribution is 5.20. The number of hydrogen-bond acceptors (Lipinski definition) is 3. The number of nitriles is 1. The van der Waals surface area contributed by atoms with Crippen molar-refractivity contribution < 1.29 is 0 Å². The second-order valence-corrected chi connectivity index (χ2v) is 5.42. The lowest BCUT2D eigenvalue weighted by Crippen LogP contribution is -2.29. The first-order valence-electron chi connectivity index (χ1n) is 6.75. The molecule has 94 valence electrons. The molecular formula is C15H19N3. The van der Waals surface area contributed by atoms with E-state index < -0.39 is 0 Å². The Balaban J connectivity index is 1.77. The third kappa shape index (κ3) is 2.14. The number of nitrogens with one attached hydrogen (secondary N) is 1. The van der Waals surface area contributed by atoms with Crippen molar-refractivity contribution >= 4 is 0 Å². The molecule has 3 rings (SSSR count). The van der Waals surface area contributed by atoms with Gasteiger partial charge in [-0.05, 0) is 30.5 Å². The molecule has 1 N–H and O–H groups in total. The van der Waals surface area contributed by atoms with Crippen molar-refractivity contribution in [1.82, 2.24) is 10.2 Å². The van der Waals surface area contributed by atoms with Crippen LogP contribution in [0, 0.1) is 23.2 Å².